The van der Waals surface area contributed by atoms with Crippen LogP contribution in [0, 0.1) is 0 Å². The van der Waals surface area contributed by atoms with E-state index in [0.717, 1.165) is 0 Å². The molecule has 0 spiro atoms. The molecule has 4 nitrogen and oxygen atoms in total. The van der Waals surface area contributed by atoms with Crippen LogP contribution in [0.15, 0.2) is 0 Å². The molecule has 2 atom stereocenters. The van der Waals surface area contributed by atoms with Gasteiger partial charge in [-0.05, 0) is 11.8 Å². The molecule has 0 saturated carbocycles. The summed E-state index contributed by atoms with van der Waals surface area (Å²) in [5.41, 5.74) is -4.40. The summed E-state index contributed by atoms with van der Waals surface area (Å²) in [6.45, 7) is -6.82. The van der Waals surface area contributed by atoms with Gasteiger partial charge in [0.1, 0.15) is 26.4 Å². The third kappa shape index (κ3) is 16.7. The predicted octanol–water partition coefficient (Wildman–Crippen LogP) is 4.01. The monoisotopic (exact) mass is 418 g/mol. The van der Waals surface area contributed by atoms with Crippen LogP contribution in [-0.4, -0.2) is 62.9 Å². The molecule has 15 heteroatoms. The van der Waals surface area contributed by atoms with Gasteiger partial charge in [-0.3, -0.25) is 0 Å². The average molecular weight is 418 g/mol. The first-order valence-electron chi connectivity index (χ1n) is 6.10. The van der Waals surface area contributed by atoms with Gasteiger partial charge in [0, 0.05) is 0 Å². The molecular formula is C10H12F10O4S. The van der Waals surface area contributed by atoms with Crippen molar-refractivity contribution in [2.45, 2.75) is 36.4 Å². The van der Waals surface area contributed by atoms with Gasteiger partial charge in [0.05, 0.1) is 0 Å². The third-order valence-corrected chi connectivity index (χ3v) is 2.69. The highest BCUT2D eigenvalue weighted by molar-refractivity contribution is 7.99. The normalized spacial score (nSPS) is 15.8. The van der Waals surface area contributed by atoms with Crippen molar-refractivity contribution in [3.8, 4) is 0 Å². The van der Waals surface area contributed by atoms with Gasteiger partial charge in [0.2, 0.25) is 11.2 Å². The van der Waals surface area contributed by atoms with E-state index < -0.39 is 62.9 Å². The van der Waals surface area contributed by atoms with Crippen LogP contribution < -0.4 is 0 Å². The molecule has 0 aromatic carbocycles. The lowest BCUT2D eigenvalue weighted by molar-refractivity contribution is -0.218. The first kappa shape index (κ1) is 24.5. The van der Waals surface area contributed by atoms with Crippen molar-refractivity contribution in [1.82, 2.24) is 0 Å². The molecule has 0 aromatic heterocycles. The molecule has 2 unspecified atom stereocenters. The summed E-state index contributed by atoms with van der Waals surface area (Å²) in [7, 11) is 0. The molecule has 0 aromatic rings. The molecular weight excluding hydrogens is 406 g/mol. The summed E-state index contributed by atoms with van der Waals surface area (Å²) in [5.74, 6) is 0. The Hall–Kier alpha value is -0.510. The van der Waals surface area contributed by atoms with Gasteiger partial charge in [-0.1, -0.05) is 0 Å². The highest BCUT2D eigenvalue weighted by atomic mass is 32.2. The standard InChI is InChI=1S/C10H12F10O4S/c11-5(12)1-21-7(23-3-9(15,16)17)25-8(22-2-6(13)14)24-4-10(18,19)20/h5-8H,1-4H2. The minimum atomic E-state index is -4.90. The second kappa shape index (κ2) is 11.3. The van der Waals surface area contributed by atoms with Crippen molar-refractivity contribution in [3.05, 3.63) is 0 Å². The fraction of sp³-hybridized carbons (Fsp3) is 1.00. The SMILES string of the molecule is FC(F)COC(OCC(F)(F)F)SC(OCC(F)F)OCC(F)(F)F. The Labute approximate surface area is 138 Å². The maximum atomic E-state index is 12.1. The molecule has 0 aliphatic rings. The first-order valence-corrected chi connectivity index (χ1v) is 7.04. The van der Waals surface area contributed by atoms with Crippen LogP contribution in [0.1, 0.15) is 0 Å². The third-order valence-electron chi connectivity index (χ3n) is 1.70. The van der Waals surface area contributed by atoms with Crippen LogP contribution in [0.3, 0.4) is 0 Å². The molecule has 0 fully saturated rings. The molecule has 0 aliphatic heterocycles. The van der Waals surface area contributed by atoms with E-state index in [0.29, 0.717) is 0 Å². The molecule has 0 saturated heterocycles. The minimum Gasteiger partial charge on any atom is -0.337 e. The van der Waals surface area contributed by atoms with Crippen LogP contribution in [0.5, 0.6) is 0 Å². The van der Waals surface area contributed by atoms with E-state index >= 15 is 0 Å². The lowest BCUT2D eigenvalue weighted by Gasteiger charge is -2.24. The van der Waals surface area contributed by atoms with Gasteiger partial charge >= 0.3 is 12.4 Å². The maximum absolute atomic E-state index is 12.1. The summed E-state index contributed by atoms with van der Waals surface area (Å²) < 4.78 is 137. The molecule has 152 valence electrons. The second-order valence-corrected chi connectivity index (χ2v) is 5.06. The molecule has 0 N–H and O–H groups in total. The number of halogens is 10. The lowest BCUT2D eigenvalue weighted by Crippen LogP contribution is -2.30. The van der Waals surface area contributed by atoms with E-state index in [1.165, 1.54) is 0 Å². The van der Waals surface area contributed by atoms with Crippen molar-refractivity contribution in [3.63, 3.8) is 0 Å². The number of rotatable bonds is 12. The Kier molecular flexibility index (Phi) is 11.0. The lowest BCUT2D eigenvalue weighted by atomic mass is 10.7. The molecule has 0 rings (SSSR count). The molecule has 0 aliphatic carbocycles. The maximum Gasteiger partial charge on any atom is 0.411 e. The average Bonchev–Trinajstić information content (AvgIpc) is 2.41. The van der Waals surface area contributed by atoms with E-state index in [9.17, 15) is 43.9 Å². The van der Waals surface area contributed by atoms with Crippen LogP contribution in [-0.2, 0) is 18.9 Å². The number of hydrogen-bond acceptors (Lipinski definition) is 5. The Balaban J connectivity index is 4.79. The highest BCUT2D eigenvalue weighted by Crippen LogP contribution is 2.27. The summed E-state index contributed by atoms with van der Waals surface area (Å²) in [5, 5.41) is 0. The first-order chi connectivity index (χ1) is 11.3. The van der Waals surface area contributed by atoms with E-state index in [-0.39, 0.29) is 11.8 Å². The van der Waals surface area contributed by atoms with Crippen LogP contribution >= 0.6 is 11.8 Å². The van der Waals surface area contributed by atoms with Gasteiger partial charge < -0.3 is 18.9 Å². The Morgan fingerprint density at radius 1 is 0.600 bits per heavy atom. The Morgan fingerprint density at radius 2 is 0.920 bits per heavy atom. The summed E-state index contributed by atoms with van der Waals surface area (Å²) >= 11 is -0.200. The number of thioether (sulfide) groups is 1. The van der Waals surface area contributed by atoms with E-state index in [1.54, 1.807) is 0 Å². The summed E-state index contributed by atoms with van der Waals surface area (Å²) in [6, 6.07) is 0. The van der Waals surface area contributed by atoms with Crippen LogP contribution in [0.2, 0.25) is 0 Å². The Morgan fingerprint density at radius 3 is 1.16 bits per heavy atom. The van der Waals surface area contributed by atoms with Crippen molar-refractivity contribution in [2.75, 3.05) is 26.4 Å². The van der Waals surface area contributed by atoms with Crippen molar-refractivity contribution >= 4 is 11.8 Å². The van der Waals surface area contributed by atoms with Crippen molar-refractivity contribution in [2.24, 2.45) is 0 Å². The predicted molar refractivity (Wildman–Crippen MR) is 63.1 cm³/mol. The zero-order valence-corrected chi connectivity index (χ0v) is 12.8. The highest BCUT2D eigenvalue weighted by Gasteiger charge is 2.34. The van der Waals surface area contributed by atoms with Crippen molar-refractivity contribution in [1.29, 1.82) is 0 Å². The largest absolute Gasteiger partial charge is 0.411 e. The van der Waals surface area contributed by atoms with Crippen LogP contribution in [0.4, 0.5) is 43.9 Å². The minimum absolute atomic E-state index is 0.200. The van der Waals surface area contributed by atoms with Gasteiger partial charge in [-0.25, -0.2) is 17.6 Å². The van der Waals surface area contributed by atoms with Gasteiger partial charge in [-0.15, -0.1) is 0 Å². The second-order valence-electron chi connectivity index (χ2n) is 4.01. The fourth-order valence-corrected chi connectivity index (χ4v) is 1.76. The smallest absolute Gasteiger partial charge is 0.337 e. The van der Waals surface area contributed by atoms with Gasteiger partial charge in [-0.2, -0.15) is 26.3 Å². The zero-order chi connectivity index (χ0) is 19.7. The fourth-order valence-electron chi connectivity index (χ4n) is 0.972. The van der Waals surface area contributed by atoms with Crippen LogP contribution in [0.25, 0.3) is 0 Å². The summed E-state index contributed by atoms with van der Waals surface area (Å²) in [6.07, 6.45) is -16.1. The molecule has 0 amide bonds. The number of ether oxygens (including phenoxy) is 4. The van der Waals surface area contributed by atoms with Gasteiger partial charge in [0.15, 0.2) is 0 Å². The number of hydrogen-bond donors (Lipinski definition) is 0. The molecule has 0 bridgehead atoms. The van der Waals surface area contributed by atoms with E-state index in [4.69, 9.17) is 0 Å². The van der Waals surface area contributed by atoms with E-state index in [1.807, 2.05) is 0 Å². The molecule has 0 heterocycles. The topological polar surface area (TPSA) is 36.9 Å². The van der Waals surface area contributed by atoms with E-state index in [2.05, 4.69) is 18.9 Å². The van der Waals surface area contributed by atoms with Crippen molar-refractivity contribution < 1.29 is 62.9 Å². The number of alkyl halides is 10. The Bertz CT molecular complexity index is 320. The van der Waals surface area contributed by atoms with Gasteiger partial charge in [0.25, 0.3) is 12.9 Å². The summed E-state index contributed by atoms with van der Waals surface area (Å²) in [4.78, 5) is 0. The quantitative estimate of drug-likeness (QED) is 0.354. The molecule has 0 radical (unpaired) electrons. The zero-order valence-electron chi connectivity index (χ0n) is 12.0. The molecule has 25 heavy (non-hydrogen) atoms.